The third-order valence-corrected chi connectivity index (χ3v) is 3.74. The number of guanidine groups is 1. The third kappa shape index (κ3) is 6.10. The van der Waals surface area contributed by atoms with Gasteiger partial charge in [0.1, 0.15) is 12.2 Å². The number of halogens is 1. The number of aromatic nitrogens is 3. The lowest BCUT2D eigenvalue weighted by molar-refractivity contribution is 0.592. The summed E-state index contributed by atoms with van der Waals surface area (Å²) in [4.78, 5) is 4.70. The van der Waals surface area contributed by atoms with E-state index in [1.807, 2.05) is 0 Å². The van der Waals surface area contributed by atoms with E-state index in [9.17, 15) is 0 Å². The van der Waals surface area contributed by atoms with Gasteiger partial charge < -0.3 is 15.2 Å². The molecular weight excluding hydrogens is 391 g/mol. The van der Waals surface area contributed by atoms with Gasteiger partial charge in [0.15, 0.2) is 5.96 Å². The number of aliphatic imine (C=N–C) groups is 1. The molecule has 0 unspecified atom stereocenters. The van der Waals surface area contributed by atoms with Crippen LogP contribution >= 0.6 is 24.0 Å². The third-order valence-electron chi connectivity index (χ3n) is 3.74. The quantitative estimate of drug-likeness (QED) is 0.421. The Kier molecular flexibility index (Phi) is 8.74. The summed E-state index contributed by atoms with van der Waals surface area (Å²) < 4.78 is 2.08. The minimum atomic E-state index is 0. The Balaban J connectivity index is 0.00000242. The van der Waals surface area contributed by atoms with Crippen molar-refractivity contribution in [3.05, 3.63) is 12.2 Å². The number of aryl methyl sites for hydroxylation is 1. The van der Waals surface area contributed by atoms with Crippen LogP contribution in [0, 0.1) is 0 Å². The number of hydrogen-bond donors (Lipinski definition) is 2. The molecule has 0 spiro atoms. The highest BCUT2D eigenvalue weighted by Crippen LogP contribution is 2.17. The van der Waals surface area contributed by atoms with Crippen LogP contribution in [0.3, 0.4) is 0 Å². The van der Waals surface area contributed by atoms with Crippen LogP contribution in [0.2, 0.25) is 0 Å². The van der Waals surface area contributed by atoms with Crippen molar-refractivity contribution in [2.24, 2.45) is 4.99 Å². The molecule has 2 N–H and O–H groups in total. The summed E-state index contributed by atoms with van der Waals surface area (Å²) in [6.07, 6.45) is 7.85. The highest BCUT2D eigenvalue weighted by atomic mass is 127. The van der Waals surface area contributed by atoms with Crippen molar-refractivity contribution in [3.8, 4) is 0 Å². The van der Waals surface area contributed by atoms with Crippen LogP contribution in [-0.4, -0.2) is 39.4 Å². The standard InChI is InChI=1S/C15H28N6.HI/c1-4-14-20-17-11-21(14)10-9-16-15(18-12(2)3)19-13-7-5-6-8-13;/h11-13H,4-10H2,1-3H3,(H2,16,18,19);1H. The molecule has 1 aliphatic rings. The first-order valence-corrected chi connectivity index (χ1v) is 8.13. The van der Waals surface area contributed by atoms with Gasteiger partial charge in [0, 0.05) is 25.0 Å². The molecule has 0 atom stereocenters. The Morgan fingerprint density at radius 1 is 1.41 bits per heavy atom. The zero-order valence-electron chi connectivity index (χ0n) is 13.9. The molecular formula is C15H29IN6. The summed E-state index contributed by atoms with van der Waals surface area (Å²) in [5.41, 5.74) is 0. The molecule has 7 heteroatoms. The van der Waals surface area contributed by atoms with Gasteiger partial charge in [-0.15, -0.1) is 34.2 Å². The van der Waals surface area contributed by atoms with Gasteiger partial charge in [-0.2, -0.15) is 0 Å². The van der Waals surface area contributed by atoms with E-state index in [0.717, 1.165) is 31.3 Å². The molecule has 0 radical (unpaired) electrons. The lowest BCUT2D eigenvalue weighted by atomic mass is 10.2. The van der Waals surface area contributed by atoms with E-state index in [0.29, 0.717) is 12.1 Å². The Labute approximate surface area is 150 Å². The average molecular weight is 420 g/mol. The molecule has 1 heterocycles. The van der Waals surface area contributed by atoms with Crippen LogP contribution in [0.4, 0.5) is 0 Å². The maximum atomic E-state index is 4.70. The Hall–Kier alpha value is -0.860. The zero-order valence-corrected chi connectivity index (χ0v) is 16.2. The smallest absolute Gasteiger partial charge is 0.191 e. The van der Waals surface area contributed by atoms with Gasteiger partial charge in [0.25, 0.3) is 0 Å². The fourth-order valence-electron chi connectivity index (χ4n) is 2.68. The molecule has 6 nitrogen and oxygen atoms in total. The minimum Gasteiger partial charge on any atom is -0.354 e. The van der Waals surface area contributed by atoms with E-state index in [1.165, 1.54) is 25.7 Å². The van der Waals surface area contributed by atoms with Crippen molar-refractivity contribution in [2.45, 2.75) is 71.5 Å². The lowest BCUT2D eigenvalue weighted by Gasteiger charge is -2.19. The summed E-state index contributed by atoms with van der Waals surface area (Å²) in [6, 6.07) is 0.967. The molecule has 0 amide bonds. The molecule has 0 aliphatic heterocycles. The SMILES string of the molecule is CCc1nncn1CCN=C(NC(C)C)NC1CCCC1.I. The topological polar surface area (TPSA) is 67.1 Å². The van der Waals surface area contributed by atoms with Crippen LogP contribution in [0.25, 0.3) is 0 Å². The Bertz CT molecular complexity index is 451. The van der Waals surface area contributed by atoms with Crippen molar-refractivity contribution in [1.29, 1.82) is 0 Å². The van der Waals surface area contributed by atoms with Crippen molar-refractivity contribution in [3.63, 3.8) is 0 Å². The number of rotatable bonds is 6. The van der Waals surface area contributed by atoms with Gasteiger partial charge >= 0.3 is 0 Å². The summed E-state index contributed by atoms with van der Waals surface area (Å²) in [5, 5.41) is 15.0. The highest BCUT2D eigenvalue weighted by molar-refractivity contribution is 14.0. The van der Waals surface area contributed by atoms with E-state index in [-0.39, 0.29) is 24.0 Å². The van der Waals surface area contributed by atoms with Crippen LogP contribution in [0.1, 0.15) is 52.3 Å². The fraction of sp³-hybridized carbons (Fsp3) is 0.800. The van der Waals surface area contributed by atoms with Crippen molar-refractivity contribution < 1.29 is 0 Å². The maximum Gasteiger partial charge on any atom is 0.191 e. The van der Waals surface area contributed by atoms with E-state index >= 15 is 0 Å². The Morgan fingerprint density at radius 2 is 2.14 bits per heavy atom. The van der Waals surface area contributed by atoms with Crippen LogP contribution in [0.15, 0.2) is 11.3 Å². The summed E-state index contributed by atoms with van der Waals surface area (Å²) >= 11 is 0. The molecule has 0 aromatic carbocycles. The molecule has 0 bridgehead atoms. The molecule has 1 fully saturated rings. The van der Waals surface area contributed by atoms with Crippen LogP contribution in [-0.2, 0) is 13.0 Å². The molecule has 22 heavy (non-hydrogen) atoms. The van der Waals surface area contributed by atoms with Gasteiger partial charge in [0.05, 0.1) is 6.54 Å². The van der Waals surface area contributed by atoms with Gasteiger partial charge in [-0.25, -0.2) is 0 Å². The number of hydrogen-bond acceptors (Lipinski definition) is 3. The summed E-state index contributed by atoms with van der Waals surface area (Å²) in [7, 11) is 0. The largest absolute Gasteiger partial charge is 0.354 e. The van der Waals surface area contributed by atoms with Crippen molar-refractivity contribution in [1.82, 2.24) is 25.4 Å². The van der Waals surface area contributed by atoms with Gasteiger partial charge in [0.2, 0.25) is 0 Å². The molecule has 1 saturated carbocycles. The van der Waals surface area contributed by atoms with Crippen LogP contribution < -0.4 is 10.6 Å². The molecule has 126 valence electrons. The van der Waals surface area contributed by atoms with E-state index in [2.05, 4.69) is 46.2 Å². The molecule has 1 aliphatic carbocycles. The van der Waals surface area contributed by atoms with Crippen molar-refractivity contribution >= 4 is 29.9 Å². The van der Waals surface area contributed by atoms with E-state index < -0.39 is 0 Å². The maximum absolute atomic E-state index is 4.70. The second kappa shape index (κ2) is 10.0. The molecule has 1 aromatic heterocycles. The first-order chi connectivity index (χ1) is 10.2. The fourth-order valence-corrected chi connectivity index (χ4v) is 2.68. The van der Waals surface area contributed by atoms with E-state index in [1.54, 1.807) is 6.33 Å². The first-order valence-electron chi connectivity index (χ1n) is 8.13. The first kappa shape index (κ1) is 19.2. The Morgan fingerprint density at radius 3 is 2.77 bits per heavy atom. The average Bonchev–Trinajstić information content (AvgIpc) is 3.09. The second-order valence-corrected chi connectivity index (χ2v) is 5.95. The zero-order chi connectivity index (χ0) is 15.1. The van der Waals surface area contributed by atoms with Gasteiger partial charge in [-0.1, -0.05) is 19.8 Å². The number of nitrogens with one attached hydrogen (secondary N) is 2. The van der Waals surface area contributed by atoms with Crippen LogP contribution in [0.5, 0.6) is 0 Å². The van der Waals surface area contributed by atoms with Crippen molar-refractivity contribution in [2.75, 3.05) is 6.54 Å². The summed E-state index contributed by atoms with van der Waals surface area (Å²) in [6.45, 7) is 7.93. The van der Waals surface area contributed by atoms with E-state index in [4.69, 9.17) is 4.99 Å². The molecule has 1 aromatic rings. The highest BCUT2D eigenvalue weighted by Gasteiger charge is 2.16. The molecule has 2 rings (SSSR count). The number of nitrogens with zero attached hydrogens (tertiary/aromatic N) is 4. The van der Waals surface area contributed by atoms with Gasteiger partial charge in [-0.05, 0) is 26.7 Å². The predicted molar refractivity (Wildman–Crippen MR) is 101 cm³/mol. The second-order valence-electron chi connectivity index (χ2n) is 5.95. The monoisotopic (exact) mass is 420 g/mol. The summed E-state index contributed by atoms with van der Waals surface area (Å²) in [5.74, 6) is 1.95. The molecule has 0 saturated heterocycles. The lowest BCUT2D eigenvalue weighted by Crippen LogP contribution is -2.45. The predicted octanol–water partition coefficient (Wildman–Crippen LogP) is 2.34. The minimum absolute atomic E-state index is 0. The normalized spacial score (nSPS) is 15.9. The van der Waals surface area contributed by atoms with Gasteiger partial charge in [-0.3, -0.25) is 4.99 Å².